The molecule has 1 aliphatic heterocycles. The van der Waals surface area contributed by atoms with Crippen molar-refractivity contribution >= 4 is 17.4 Å². The molecule has 100 valence electrons. The number of hydrogen-bond acceptors (Lipinski definition) is 2. The topological polar surface area (TPSA) is 37.4 Å². The van der Waals surface area contributed by atoms with Crippen molar-refractivity contribution in [3.63, 3.8) is 0 Å². The number of allylic oxidation sites excluding steroid dienone is 2. The van der Waals surface area contributed by atoms with Gasteiger partial charge >= 0.3 is 0 Å². The number of rotatable bonds is 2. The van der Waals surface area contributed by atoms with Crippen molar-refractivity contribution in [3.8, 4) is 0 Å². The first-order valence-electron chi connectivity index (χ1n) is 6.55. The number of amides is 1. The lowest BCUT2D eigenvalue weighted by Gasteiger charge is -2.23. The predicted molar refractivity (Wildman–Crippen MR) is 78.7 cm³/mol. The van der Waals surface area contributed by atoms with E-state index in [0.717, 1.165) is 16.8 Å². The normalized spacial score (nSPS) is 18.8. The highest BCUT2D eigenvalue weighted by molar-refractivity contribution is 6.14. The second kappa shape index (κ2) is 4.30. The van der Waals surface area contributed by atoms with Crippen molar-refractivity contribution in [3.05, 3.63) is 66.3 Å². The van der Waals surface area contributed by atoms with Crippen molar-refractivity contribution < 1.29 is 9.59 Å². The molecule has 1 aromatic rings. The minimum absolute atomic E-state index is 0.0296. The van der Waals surface area contributed by atoms with Gasteiger partial charge in [0, 0.05) is 12.2 Å². The van der Waals surface area contributed by atoms with Crippen LogP contribution in [0.4, 0.5) is 5.69 Å². The highest BCUT2D eigenvalue weighted by Gasteiger charge is 2.48. The number of anilines is 1. The summed E-state index contributed by atoms with van der Waals surface area (Å²) in [6.07, 6.45) is 8.07. The van der Waals surface area contributed by atoms with Crippen LogP contribution in [0, 0.1) is 6.92 Å². The molecule has 3 heteroatoms. The molecule has 0 N–H and O–H groups in total. The van der Waals surface area contributed by atoms with Crippen LogP contribution in [0.1, 0.15) is 11.1 Å². The Hall–Kier alpha value is -2.42. The Morgan fingerprint density at radius 2 is 1.95 bits per heavy atom. The summed E-state index contributed by atoms with van der Waals surface area (Å²) in [4.78, 5) is 25.9. The van der Waals surface area contributed by atoms with Crippen LogP contribution in [0.2, 0.25) is 0 Å². The maximum Gasteiger partial charge on any atom is 0.245 e. The zero-order chi connectivity index (χ0) is 14.3. The molecule has 1 spiro atoms. The highest BCUT2D eigenvalue weighted by Crippen LogP contribution is 2.45. The van der Waals surface area contributed by atoms with Gasteiger partial charge in [-0.2, -0.15) is 0 Å². The number of fused-ring (bicyclic) bond motifs is 2. The summed E-state index contributed by atoms with van der Waals surface area (Å²) in [6.45, 7) is 6.17. The van der Waals surface area contributed by atoms with Gasteiger partial charge in [-0.1, -0.05) is 35.9 Å². The molecule has 0 saturated heterocycles. The lowest BCUT2D eigenvalue weighted by molar-refractivity contribution is -0.120. The van der Waals surface area contributed by atoms with Crippen LogP contribution in [0.3, 0.4) is 0 Å². The molecule has 20 heavy (non-hydrogen) atoms. The van der Waals surface area contributed by atoms with Gasteiger partial charge in [0.1, 0.15) is 5.41 Å². The van der Waals surface area contributed by atoms with E-state index in [9.17, 15) is 9.59 Å². The first-order valence-corrected chi connectivity index (χ1v) is 6.55. The molecule has 3 nitrogen and oxygen atoms in total. The summed E-state index contributed by atoms with van der Waals surface area (Å²) < 4.78 is 0. The van der Waals surface area contributed by atoms with Crippen LogP contribution in [0.25, 0.3) is 0 Å². The molecule has 1 aliphatic carbocycles. The van der Waals surface area contributed by atoms with Crippen molar-refractivity contribution in [2.24, 2.45) is 0 Å². The van der Waals surface area contributed by atoms with Crippen molar-refractivity contribution in [1.82, 2.24) is 0 Å². The van der Waals surface area contributed by atoms with E-state index in [0.29, 0.717) is 6.54 Å². The molecule has 0 fully saturated rings. The van der Waals surface area contributed by atoms with Crippen LogP contribution in [0.15, 0.2) is 55.2 Å². The van der Waals surface area contributed by atoms with Gasteiger partial charge in [0.05, 0.1) is 0 Å². The molecule has 1 aromatic carbocycles. The van der Waals surface area contributed by atoms with Crippen molar-refractivity contribution in [2.45, 2.75) is 12.3 Å². The number of nitrogens with zero attached hydrogens (tertiary/aromatic N) is 1. The van der Waals surface area contributed by atoms with Crippen LogP contribution in [0.5, 0.6) is 0 Å². The van der Waals surface area contributed by atoms with Gasteiger partial charge in [-0.15, -0.1) is 6.58 Å². The van der Waals surface area contributed by atoms with Crippen LogP contribution < -0.4 is 4.90 Å². The smallest absolute Gasteiger partial charge is 0.245 e. The van der Waals surface area contributed by atoms with E-state index in [1.54, 1.807) is 23.1 Å². The lowest BCUT2D eigenvalue weighted by Crippen LogP contribution is -2.38. The summed E-state index contributed by atoms with van der Waals surface area (Å²) in [5.74, 6) is -0.113. The third-order valence-corrected chi connectivity index (χ3v) is 3.82. The van der Waals surface area contributed by atoms with Gasteiger partial charge in [-0.25, -0.2) is 0 Å². The Balaban J connectivity index is 2.23. The van der Waals surface area contributed by atoms with Gasteiger partial charge < -0.3 is 4.90 Å². The number of carbonyl (C=O) groups excluding carboxylic acids is 2. The van der Waals surface area contributed by atoms with E-state index in [2.05, 4.69) is 6.58 Å². The molecule has 3 rings (SSSR count). The summed E-state index contributed by atoms with van der Waals surface area (Å²) in [5, 5.41) is 0. The van der Waals surface area contributed by atoms with Gasteiger partial charge in [-0.3, -0.25) is 9.59 Å². The maximum absolute atomic E-state index is 12.8. The largest absolute Gasteiger partial charge is 0.307 e. The number of carbonyl (C=O) groups is 2. The molecule has 0 bridgehead atoms. The molecule has 0 aromatic heterocycles. The van der Waals surface area contributed by atoms with E-state index in [1.165, 1.54) is 12.2 Å². The van der Waals surface area contributed by atoms with Gasteiger partial charge in [0.25, 0.3) is 0 Å². The Kier molecular flexibility index (Phi) is 2.71. The average molecular weight is 265 g/mol. The monoisotopic (exact) mass is 265 g/mol. The molecule has 1 amide bonds. The molecule has 0 atom stereocenters. The number of aryl methyl sites for hydroxylation is 1. The van der Waals surface area contributed by atoms with Crippen LogP contribution in [-0.4, -0.2) is 18.2 Å². The third-order valence-electron chi connectivity index (χ3n) is 3.82. The molecule has 0 unspecified atom stereocenters. The SMILES string of the molecule is C=CCN1C(=O)C2(C=CC(=O)C=C2)c2cc(C)ccc21. The Bertz CT molecular complexity index is 666. The fourth-order valence-corrected chi connectivity index (χ4v) is 2.84. The first-order chi connectivity index (χ1) is 9.58. The molecule has 2 aliphatic rings. The first kappa shape index (κ1) is 12.6. The Morgan fingerprint density at radius 3 is 2.60 bits per heavy atom. The molecular formula is C17H15NO2. The zero-order valence-electron chi connectivity index (χ0n) is 11.3. The third kappa shape index (κ3) is 1.59. The quantitative estimate of drug-likeness (QED) is 0.770. The summed E-state index contributed by atoms with van der Waals surface area (Å²) in [7, 11) is 0. The fraction of sp³-hybridized carbons (Fsp3) is 0.176. The average Bonchev–Trinajstić information content (AvgIpc) is 2.65. The lowest BCUT2D eigenvalue weighted by atomic mass is 9.78. The highest BCUT2D eigenvalue weighted by atomic mass is 16.2. The van der Waals surface area contributed by atoms with E-state index >= 15 is 0 Å². The van der Waals surface area contributed by atoms with Gasteiger partial charge in [-0.05, 0) is 30.7 Å². The van der Waals surface area contributed by atoms with Crippen molar-refractivity contribution in [1.29, 1.82) is 0 Å². The maximum atomic E-state index is 12.8. The van der Waals surface area contributed by atoms with E-state index in [4.69, 9.17) is 0 Å². The number of ketones is 1. The molecule has 1 heterocycles. The van der Waals surface area contributed by atoms with Gasteiger partial charge in [0.2, 0.25) is 5.91 Å². The molecular weight excluding hydrogens is 250 g/mol. The fourth-order valence-electron chi connectivity index (χ4n) is 2.84. The molecule has 0 radical (unpaired) electrons. The summed E-state index contributed by atoms with van der Waals surface area (Å²) >= 11 is 0. The van der Waals surface area contributed by atoms with E-state index < -0.39 is 5.41 Å². The Morgan fingerprint density at radius 1 is 1.25 bits per heavy atom. The van der Waals surface area contributed by atoms with Crippen molar-refractivity contribution in [2.75, 3.05) is 11.4 Å². The Labute approximate surface area is 117 Å². The second-order valence-electron chi connectivity index (χ2n) is 5.16. The minimum atomic E-state index is -0.835. The van der Waals surface area contributed by atoms with Crippen LogP contribution in [-0.2, 0) is 15.0 Å². The summed E-state index contributed by atoms with van der Waals surface area (Å²) in [5.41, 5.74) is 2.08. The van der Waals surface area contributed by atoms with Crippen LogP contribution >= 0.6 is 0 Å². The summed E-state index contributed by atoms with van der Waals surface area (Å²) in [6, 6.07) is 5.96. The predicted octanol–water partition coefficient (Wildman–Crippen LogP) is 2.46. The number of benzene rings is 1. The van der Waals surface area contributed by atoms with E-state index in [-0.39, 0.29) is 11.7 Å². The van der Waals surface area contributed by atoms with Gasteiger partial charge in [0.15, 0.2) is 5.78 Å². The standard InChI is InChI=1S/C17H15NO2/c1-3-10-18-15-5-4-12(2)11-14(15)17(16(18)20)8-6-13(19)7-9-17/h3-9,11H,1,10H2,2H3. The van der Waals surface area contributed by atoms with E-state index in [1.807, 2.05) is 25.1 Å². The molecule has 0 saturated carbocycles. The minimum Gasteiger partial charge on any atom is -0.307 e. The zero-order valence-corrected chi connectivity index (χ0v) is 11.3. The second-order valence-corrected chi connectivity index (χ2v) is 5.16. The number of hydrogen-bond donors (Lipinski definition) is 0.